The molecular weight excluding hydrogens is 445 g/mol. The highest BCUT2D eigenvalue weighted by atomic mass is 35.5. The van der Waals surface area contributed by atoms with Gasteiger partial charge in [0.2, 0.25) is 10.0 Å². The number of aliphatic hydroxyl groups is 1. The van der Waals surface area contributed by atoms with Crippen molar-refractivity contribution in [2.75, 3.05) is 13.1 Å². The molecule has 0 saturated heterocycles. The fourth-order valence-electron chi connectivity index (χ4n) is 3.28. The van der Waals surface area contributed by atoms with Crippen molar-refractivity contribution in [2.45, 2.75) is 30.3 Å². The maximum absolute atomic E-state index is 11.6. The monoisotopic (exact) mass is 471 g/mol. The van der Waals surface area contributed by atoms with E-state index in [-0.39, 0.29) is 35.6 Å². The summed E-state index contributed by atoms with van der Waals surface area (Å²) in [6.07, 6.45) is 1.67. The second-order valence-corrected chi connectivity index (χ2v) is 8.86. The Kier molecular flexibility index (Phi) is 9.23. The van der Waals surface area contributed by atoms with Crippen molar-refractivity contribution in [3.8, 4) is 0 Å². The van der Waals surface area contributed by atoms with Gasteiger partial charge in [0.1, 0.15) is 0 Å². The standard InChI is InChI=1S/C21H25N3O3S.2ClH/c1-15(13-23-14-21(2,25)17-6-4-3-5-7-17)20-19-9-8-18(28(22,26)27)12-16(19)10-11-24-20;;/h3-12,15,23,25H,13-14H2,1-2H3,(H2,22,26,27);2*1H/t15-,21-;;/m1../s1. The molecule has 6 nitrogen and oxygen atoms in total. The Hall–Kier alpha value is -1.74. The number of halogens is 2. The Bertz CT molecular complexity index is 1080. The van der Waals surface area contributed by atoms with Crippen LogP contribution >= 0.6 is 24.8 Å². The number of nitrogens with one attached hydrogen (secondary N) is 1. The number of benzene rings is 2. The summed E-state index contributed by atoms with van der Waals surface area (Å²) < 4.78 is 23.2. The maximum atomic E-state index is 11.6. The number of hydrogen-bond donors (Lipinski definition) is 3. The third kappa shape index (κ3) is 6.14. The lowest BCUT2D eigenvalue weighted by Gasteiger charge is -2.25. The second-order valence-electron chi connectivity index (χ2n) is 7.30. The van der Waals surface area contributed by atoms with Gasteiger partial charge in [0.15, 0.2) is 0 Å². The number of nitrogens with zero attached hydrogens (tertiary/aromatic N) is 1. The zero-order valence-corrected chi connectivity index (χ0v) is 19.2. The zero-order chi connectivity index (χ0) is 20.4. The van der Waals surface area contributed by atoms with E-state index in [0.717, 1.165) is 22.0 Å². The van der Waals surface area contributed by atoms with E-state index >= 15 is 0 Å². The van der Waals surface area contributed by atoms with Crippen LogP contribution in [0.5, 0.6) is 0 Å². The summed E-state index contributed by atoms with van der Waals surface area (Å²) in [5, 5.41) is 20.9. The lowest BCUT2D eigenvalue weighted by Crippen LogP contribution is -2.37. The van der Waals surface area contributed by atoms with Crippen LogP contribution in [0.25, 0.3) is 10.8 Å². The molecule has 3 aromatic rings. The van der Waals surface area contributed by atoms with Crippen LogP contribution < -0.4 is 10.5 Å². The van der Waals surface area contributed by atoms with Crippen molar-refractivity contribution < 1.29 is 13.5 Å². The molecule has 164 valence electrons. The molecule has 0 unspecified atom stereocenters. The van der Waals surface area contributed by atoms with Crippen LogP contribution in [0.4, 0.5) is 0 Å². The number of nitrogens with two attached hydrogens (primary N) is 1. The average Bonchev–Trinajstić information content (AvgIpc) is 2.67. The minimum absolute atomic E-state index is 0. The molecule has 0 radical (unpaired) electrons. The Labute approximate surface area is 189 Å². The first-order valence-corrected chi connectivity index (χ1v) is 10.6. The van der Waals surface area contributed by atoms with Crippen molar-refractivity contribution in [3.05, 3.63) is 72.1 Å². The molecule has 2 aromatic carbocycles. The van der Waals surface area contributed by atoms with E-state index in [1.54, 1.807) is 31.3 Å². The van der Waals surface area contributed by atoms with E-state index in [1.165, 1.54) is 6.07 Å². The molecule has 0 bridgehead atoms. The average molecular weight is 472 g/mol. The normalized spacial score (nSPS) is 14.3. The quantitative estimate of drug-likeness (QED) is 0.489. The first-order valence-electron chi connectivity index (χ1n) is 9.08. The summed E-state index contributed by atoms with van der Waals surface area (Å²) >= 11 is 0. The van der Waals surface area contributed by atoms with Gasteiger partial charge in [-0.3, -0.25) is 4.98 Å². The highest BCUT2D eigenvalue weighted by molar-refractivity contribution is 7.89. The topological polar surface area (TPSA) is 105 Å². The van der Waals surface area contributed by atoms with Gasteiger partial charge in [-0.05, 0) is 36.1 Å². The fraction of sp³-hybridized carbons (Fsp3) is 0.286. The van der Waals surface area contributed by atoms with Crippen molar-refractivity contribution >= 4 is 45.6 Å². The summed E-state index contributed by atoms with van der Waals surface area (Å²) in [7, 11) is -3.74. The molecule has 0 saturated carbocycles. The molecule has 9 heteroatoms. The van der Waals surface area contributed by atoms with Crippen molar-refractivity contribution in [3.63, 3.8) is 0 Å². The van der Waals surface area contributed by atoms with Crippen LogP contribution in [-0.4, -0.2) is 31.6 Å². The maximum Gasteiger partial charge on any atom is 0.238 e. The zero-order valence-electron chi connectivity index (χ0n) is 16.8. The van der Waals surface area contributed by atoms with Gasteiger partial charge in [-0.15, -0.1) is 24.8 Å². The van der Waals surface area contributed by atoms with Gasteiger partial charge in [-0.2, -0.15) is 0 Å². The molecule has 0 aliphatic carbocycles. The SMILES string of the molecule is C[C@H](CNC[C@@](C)(O)c1ccccc1)c1nccc2cc(S(N)(=O)=O)ccc12.Cl.Cl. The summed E-state index contributed by atoms with van der Waals surface area (Å²) in [6.45, 7) is 4.85. The molecular formula is C21H27Cl2N3O3S. The number of aromatic nitrogens is 1. The van der Waals surface area contributed by atoms with Gasteiger partial charge in [0.05, 0.1) is 16.2 Å². The van der Waals surface area contributed by atoms with Crippen LogP contribution in [0.2, 0.25) is 0 Å². The number of sulfonamides is 1. The van der Waals surface area contributed by atoms with E-state index in [1.807, 2.05) is 37.3 Å². The first kappa shape index (κ1) is 26.3. The van der Waals surface area contributed by atoms with Gasteiger partial charge >= 0.3 is 0 Å². The van der Waals surface area contributed by atoms with E-state index in [0.29, 0.717) is 13.1 Å². The number of pyridine rings is 1. The lowest BCUT2D eigenvalue weighted by molar-refractivity contribution is 0.0568. The van der Waals surface area contributed by atoms with Gasteiger partial charge in [0, 0.05) is 30.6 Å². The molecule has 0 fully saturated rings. The highest BCUT2D eigenvalue weighted by Gasteiger charge is 2.23. The summed E-state index contributed by atoms with van der Waals surface area (Å²) in [5.41, 5.74) is 0.747. The third-order valence-corrected chi connectivity index (χ3v) is 5.79. The third-order valence-electron chi connectivity index (χ3n) is 4.88. The van der Waals surface area contributed by atoms with E-state index in [4.69, 9.17) is 5.14 Å². The Morgan fingerprint density at radius 1 is 1.13 bits per heavy atom. The number of primary sulfonamides is 1. The molecule has 0 aliphatic rings. The van der Waals surface area contributed by atoms with Crippen LogP contribution in [0.1, 0.15) is 31.0 Å². The molecule has 4 N–H and O–H groups in total. The van der Waals surface area contributed by atoms with Crippen LogP contribution in [0, 0.1) is 0 Å². The fourth-order valence-corrected chi connectivity index (χ4v) is 3.83. The van der Waals surface area contributed by atoms with Gasteiger partial charge < -0.3 is 10.4 Å². The molecule has 2 atom stereocenters. The Balaban J connectivity index is 0.00000225. The molecule has 0 amide bonds. The number of rotatable bonds is 7. The number of fused-ring (bicyclic) bond motifs is 1. The first-order chi connectivity index (χ1) is 13.2. The molecule has 0 spiro atoms. The lowest BCUT2D eigenvalue weighted by atomic mass is 9.95. The molecule has 1 heterocycles. The van der Waals surface area contributed by atoms with Gasteiger partial charge in [-0.1, -0.05) is 43.3 Å². The minimum Gasteiger partial charge on any atom is -0.384 e. The minimum atomic E-state index is -3.74. The molecule has 1 aromatic heterocycles. The van der Waals surface area contributed by atoms with E-state index in [9.17, 15) is 13.5 Å². The molecule has 30 heavy (non-hydrogen) atoms. The largest absolute Gasteiger partial charge is 0.384 e. The summed E-state index contributed by atoms with van der Waals surface area (Å²) in [4.78, 5) is 4.57. The number of hydrogen-bond acceptors (Lipinski definition) is 5. The molecule has 0 aliphatic heterocycles. The predicted octanol–water partition coefficient (Wildman–Crippen LogP) is 3.33. The predicted molar refractivity (Wildman–Crippen MR) is 125 cm³/mol. The van der Waals surface area contributed by atoms with E-state index in [2.05, 4.69) is 10.3 Å². The van der Waals surface area contributed by atoms with Crippen LogP contribution in [-0.2, 0) is 15.6 Å². The smallest absolute Gasteiger partial charge is 0.238 e. The Morgan fingerprint density at radius 3 is 2.43 bits per heavy atom. The van der Waals surface area contributed by atoms with Crippen molar-refractivity contribution in [2.24, 2.45) is 5.14 Å². The Morgan fingerprint density at radius 2 is 1.80 bits per heavy atom. The summed E-state index contributed by atoms with van der Waals surface area (Å²) in [6, 6.07) is 16.1. The molecule has 3 rings (SSSR count). The van der Waals surface area contributed by atoms with Gasteiger partial charge in [0.25, 0.3) is 0 Å². The van der Waals surface area contributed by atoms with Crippen molar-refractivity contribution in [1.29, 1.82) is 0 Å². The van der Waals surface area contributed by atoms with Crippen molar-refractivity contribution in [1.82, 2.24) is 10.3 Å². The summed E-state index contributed by atoms with van der Waals surface area (Å²) in [5.74, 6) is 0.0654. The van der Waals surface area contributed by atoms with Crippen LogP contribution in [0.3, 0.4) is 0 Å². The second kappa shape index (κ2) is 10.5. The van der Waals surface area contributed by atoms with Gasteiger partial charge in [-0.25, -0.2) is 13.6 Å². The van der Waals surface area contributed by atoms with Crippen LogP contribution in [0.15, 0.2) is 65.7 Å². The highest BCUT2D eigenvalue weighted by Crippen LogP contribution is 2.26. The van der Waals surface area contributed by atoms with E-state index < -0.39 is 15.6 Å².